The van der Waals surface area contributed by atoms with Gasteiger partial charge in [0.15, 0.2) is 5.69 Å². The summed E-state index contributed by atoms with van der Waals surface area (Å²) in [6, 6.07) is 9.04. The second-order valence-corrected chi connectivity index (χ2v) is 9.91. The van der Waals surface area contributed by atoms with Crippen molar-refractivity contribution in [2.75, 3.05) is 12.0 Å². The van der Waals surface area contributed by atoms with Gasteiger partial charge in [-0.2, -0.15) is 0 Å². The van der Waals surface area contributed by atoms with E-state index >= 15 is 0 Å². The highest BCUT2D eigenvalue weighted by atomic mass is 16.5. The van der Waals surface area contributed by atoms with Gasteiger partial charge in [0.25, 0.3) is 0 Å². The predicted molar refractivity (Wildman–Crippen MR) is 129 cm³/mol. The Kier molecular flexibility index (Phi) is 5.76. The van der Waals surface area contributed by atoms with Crippen LogP contribution in [-0.4, -0.2) is 46.4 Å². The first-order valence-electron chi connectivity index (χ1n) is 12.5. The van der Waals surface area contributed by atoms with Crippen LogP contribution in [0.1, 0.15) is 71.8 Å². The highest BCUT2D eigenvalue weighted by molar-refractivity contribution is 5.86. The van der Waals surface area contributed by atoms with Gasteiger partial charge in [-0.15, -0.1) is 0 Å². The number of benzene rings is 1. The lowest BCUT2D eigenvalue weighted by atomic mass is 9.98. The highest BCUT2D eigenvalue weighted by Crippen LogP contribution is 2.45. The molecule has 35 heavy (non-hydrogen) atoms. The summed E-state index contributed by atoms with van der Waals surface area (Å²) < 4.78 is 17.1. The molecule has 1 saturated carbocycles. The summed E-state index contributed by atoms with van der Waals surface area (Å²) in [6.07, 6.45) is 9.80. The molecule has 1 aliphatic carbocycles. The fourth-order valence-electron chi connectivity index (χ4n) is 5.68. The molecule has 4 heterocycles. The molecule has 0 spiro atoms. The number of anilines is 1. The lowest BCUT2D eigenvalue weighted by Crippen LogP contribution is -2.46. The molecule has 2 aliphatic heterocycles. The predicted octanol–water partition coefficient (Wildman–Crippen LogP) is 4.82. The van der Waals surface area contributed by atoms with Gasteiger partial charge in [0.1, 0.15) is 17.3 Å². The van der Waals surface area contributed by atoms with Gasteiger partial charge in [-0.25, -0.2) is 14.8 Å². The van der Waals surface area contributed by atoms with Crippen LogP contribution in [0.2, 0.25) is 0 Å². The number of aryl methyl sites for hydroxylation is 1. The van der Waals surface area contributed by atoms with Crippen LogP contribution in [0.25, 0.3) is 11.3 Å². The summed E-state index contributed by atoms with van der Waals surface area (Å²) in [4.78, 5) is 22.8. The summed E-state index contributed by atoms with van der Waals surface area (Å²) >= 11 is 0. The van der Waals surface area contributed by atoms with Crippen molar-refractivity contribution in [3.8, 4) is 11.3 Å². The molecule has 0 amide bonds. The number of carbonyl (C=O) groups is 1. The van der Waals surface area contributed by atoms with Gasteiger partial charge in [-0.3, -0.25) is 0 Å². The molecule has 0 radical (unpaired) electrons. The maximum Gasteiger partial charge on any atom is 0.358 e. The minimum absolute atomic E-state index is 0.178. The molecule has 8 heteroatoms. The van der Waals surface area contributed by atoms with Crippen molar-refractivity contribution in [1.29, 1.82) is 0 Å². The SMILES string of the molecule is COC(=O)c1cnc(N2C3CC[C@H]2CC(OCc2c(-c4ccccc4C)noc2C2CC2)C3)cn1. The van der Waals surface area contributed by atoms with Gasteiger partial charge in [0.2, 0.25) is 0 Å². The van der Waals surface area contributed by atoms with Crippen molar-refractivity contribution in [2.45, 2.75) is 76.2 Å². The maximum atomic E-state index is 11.7. The summed E-state index contributed by atoms with van der Waals surface area (Å²) in [5, 5.41) is 4.48. The third-order valence-electron chi connectivity index (χ3n) is 7.62. The average Bonchev–Trinajstić information content (AvgIpc) is 3.59. The molecule has 3 fully saturated rings. The van der Waals surface area contributed by atoms with Gasteiger partial charge < -0.3 is 18.9 Å². The van der Waals surface area contributed by atoms with Crippen LogP contribution in [-0.2, 0) is 16.1 Å². The topological polar surface area (TPSA) is 90.6 Å². The van der Waals surface area contributed by atoms with E-state index in [1.54, 1.807) is 6.20 Å². The zero-order chi connectivity index (χ0) is 23.9. The third kappa shape index (κ3) is 4.20. The first-order chi connectivity index (χ1) is 17.1. The lowest BCUT2D eigenvalue weighted by molar-refractivity contribution is 0.0146. The molecule has 1 aromatic carbocycles. The molecule has 3 aliphatic rings. The Morgan fingerprint density at radius 2 is 1.86 bits per heavy atom. The minimum atomic E-state index is -0.469. The fraction of sp³-hybridized carbons (Fsp3) is 0.481. The first-order valence-corrected chi connectivity index (χ1v) is 12.5. The molecular formula is C27H30N4O4. The largest absolute Gasteiger partial charge is 0.464 e. The number of piperidine rings is 1. The summed E-state index contributed by atoms with van der Waals surface area (Å²) in [5.41, 5.74) is 4.57. The number of esters is 1. The molecule has 182 valence electrons. The zero-order valence-electron chi connectivity index (χ0n) is 20.1. The Morgan fingerprint density at radius 1 is 1.09 bits per heavy atom. The summed E-state index contributed by atoms with van der Waals surface area (Å²) in [6.45, 7) is 2.64. The van der Waals surface area contributed by atoms with Crippen molar-refractivity contribution in [3.63, 3.8) is 0 Å². The van der Waals surface area contributed by atoms with E-state index in [1.807, 2.05) is 12.1 Å². The lowest BCUT2D eigenvalue weighted by Gasteiger charge is -2.39. The second kappa shape index (κ2) is 9.07. The number of carbonyl (C=O) groups excluding carboxylic acids is 1. The smallest absolute Gasteiger partial charge is 0.358 e. The van der Waals surface area contributed by atoms with Gasteiger partial charge >= 0.3 is 5.97 Å². The first kappa shape index (κ1) is 22.2. The molecule has 3 aromatic rings. The van der Waals surface area contributed by atoms with E-state index in [-0.39, 0.29) is 11.8 Å². The Morgan fingerprint density at radius 3 is 2.51 bits per heavy atom. The normalized spacial score (nSPS) is 23.5. The van der Waals surface area contributed by atoms with E-state index in [0.29, 0.717) is 24.6 Å². The van der Waals surface area contributed by atoms with Crippen LogP contribution in [0, 0.1) is 6.92 Å². The number of rotatable bonds is 7. The number of ether oxygens (including phenoxy) is 2. The molecule has 3 atom stereocenters. The number of aromatic nitrogens is 3. The zero-order valence-corrected chi connectivity index (χ0v) is 20.1. The Balaban J connectivity index is 1.16. The minimum Gasteiger partial charge on any atom is -0.464 e. The molecule has 2 bridgehead atoms. The van der Waals surface area contributed by atoms with Crippen LogP contribution in [0.5, 0.6) is 0 Å². The monoisotopic (exact) mass is 474 g/mol. The van der Waals surface area contributed by atoms with Crippen LogP contribution < -0.4 is 4.90 Å². The number of hydrogen-bond acceptors (Lipinski definition) is 8. The summed E-state index contributed by atoms with van der Waals surface area (Å²) in [5.74, 6) is 1.83. The van der Waals surface area contributed by atoms with Gasteiger partial charge in [-0.1, -0.05) is 29.4 Å². The van der Waals surface area contributed by atoms with Gasteiger partial charge in [-0.05, 0) is 51.0 Å². The molecule has 2 unspecified atom stereocenters. The van der Waals surface area contributed by atoms with Gasteiger partial charge in [0, 0.05) is 29.1 Å². The Bertz CT molecular complexity index is 1210. The molecule has 2 aromatic heterocycles. The van der Waals surface area contributed by atoms with Crippen molar-refractivity contribution in [2.24, 2.45) is 0 Å². The number of nitrogens with zero attached hydrogens (tertiary/aromatic N) is 4. The Hall–Kier alpha value is -3.26. The van der Waals surface area contributed by atoms with Gasteiger partial charge in [0.05, 0.1) is 32.2 Å². The number of fused-ring (bicyclic) bond motifs is 2. The third-order valence-corrected chi connectivity index (χ3v) is 7.62. The maximum absolute atomic E-state index is 11.7. The summed E-state index contributed by atoms with van der Waals surface area (Å²) in [7, 11) is 1.35. The molecular weight excluding hydrogens is 444 g/mol. The molecule has 2 saturated heterocycles. The van der Waals surface area contributed by atoms with Crippen molar-refractivity contribution in [1.82, 2.24) is 15.1 Å². The molecule has 0 N–H and O–H groups in total. The van der Waals surface area contributed by atoms with E-state index < -0.39 is 5.97 Å². The van der Waals surface area contributed by atoms with Crippen LogP contribution in [0.15, 0.2) is 41.2 Å². The molecule has 8 nitrogen and oxygen atoms in total. The standard InChI is InChI=1S/C27H30N4O4/c1-16-5-3-4-6-21(16)25-22(26(35-30-25)17-7-8-17)15-34-20-11-18-9-10-19(12-20)31(18)24-14-28-23(13-29-24)27(32)33-2/h3-6,13-14,17-20H,7-12,15H2,1-2H3/t18-,19?,20?/m0/s1. The quantitative estimate of drug-likeness (QED) is 0.450. The number of hydrogen-bond donors (Lipinski definition) is 0. The second-order valence-electron chi connectivity index (χ2n) is 9.91. The van der Waals surface area contributed by atoms with E-state index in [1.165, 1.54) is 18.9 Å². The van der Waals surface area contributed by atoms with E-state index in [2.05, 4.69) is 39.1 Å². The van der Waals surface area contributed by atoms with E-state index in [4.69, 9.17) is 14.0 Å². The van der Waals surface area contributed by atoms with Crippen molar-refractivity contribution >= 4 is 11.8 Å². The fourth-order valence-corrected chi connectivity index (χ4v) is 5.68. The van der Waals surface area contributed by atoms with E-state index in [0.717, 1.165) is 66.9 Å². The molecule has 6 rings (SSSR count). The van der Waals surface area contributed by atoms with Crippen LogP contribution in [0.4, 0.5) is 5.82 Å². The van der Waals surface area contributed by atoms with Crippen LogP contribution in [0.3, 0.4) is 0 Å². The highest BCUT2D eigenvalue weighted by Gasteiger charge is 2.42. The van der Waals surface area contributed by atoms with E-state index in [9.17, 15) is 4.79 Å². The number of methoxy groups -OCH3 is 1. The average molecular weight is 475 g/mol. The van der Waals surface area contributed by atoms with Crippen molar-refractivity contribution < 1.29 is 18.8 Å². The van der Waals surface area contributed by atoms with Crippen molar-refractivity contribution in [3.05, 3.63) is 59.2 Å². The van der Waals surface area contributed by atoms with Crippen LogP contribution >= 0.6 is 0 Å². The Labute approximate surface area is 204 Å².